The number of fused-ring (bicyclic) bond motifs is 1. The number of β-amino-alcohol motifs (C(OH)–C–C–N with tert-alkyl or cyclic N) is 1. The molecule has 7 aromatic rings. The summed E-state index contributed by atoms with van der Waals surface area (Å²) in [7, 11) is -4.67. The van der Waals surface area contributed by atoms with E-state index in [0.29, 0.717) is 81.2 Å². The van der Waals surface area contributed by atoms with Gasteiger partial charge in [-0.2, -0.15) is 0 Å². The van der Waals surface area contributed by atoms with Crippen LogP contribution < -0.4 is 30.3 Å². The van der Waals surface area contributed by atoms with Crippen LogP contribution in [-0.2, 0) is 35.7 Å². The van der Waals surface area contributed by atoms with Gasteiger partial charge < -0.3 is 45.5 Å². The monoisotopic (exact) mass is 1450 g/mol. The number of aromatic amines is 1. The molecule has 23 nitrogen and oxygen atoms in total. The number of sulfonamides is 1. The maximum absolute atomic E-state index is 14.2. The SMILES string of the molecule is Cc1ncsc1-c1ccc(CNC(=O)[C@@H]2C[C@@H](O)CN2C(=O)[C@@H](NC(=O)CCCCCCCC(=O)N2CCC(CNc3ccc(S(=O)(=O)NC(=O)c4ccc(N5CCN(CC6=C(c7ccc(Cl)cc7)CC(C)(C)CC6)CC5)cc4Oc4cnc5[nH]ccc5c4)cc3[N+](=O)[O-])CC2)C(C)(C)C)cc1. The van der Waals surface area contributed by atoms with Crippen LogP contribution in [0.1, 0.15) is 145 Å². The number of carbonyl (C=O) groups excluding carboxylic acids is 5. The van der Waals surface area contributed by atoms with Gasteiger partial charge in [0.15, 0.2) is 0 Å². The van der Waals surface area contributed by atoms with Crippen molar-refractivity contribution in [3.63, 3.8) is 0 Å². The molecule has 26 heteroatoms. The number of piperidine rings is 1. The van der Waals surface area contributed by atoms with Gasteiger partial charge in [0.1, 0.15) is 34.9 Å². The molecule has 0 unspecified atom stereocenters. The molecule has 6 heterocycles. The predicted molar refractivity (Wildman–Crippen MR) is 397 cm³/mol. The van der Waals surface area contributed by atoms with Crippen LogP contribution in [0.5, 0.6) is 11.5 Å². The summed E-state index contributed by atoms with van der Waals surface area (Å²) < 4.78 is 36.6. The number of carbonyl (C=O) groups is 5. The van der Waals surface area contributed by atoms with Crippen LogP contribution in [0.25, 0.3) is 27.0 Å². The van der Waals surface area contributed by atoms with E-state index in [1.807, 2.05) is 75.1 Å². The first-order valence-corrected chi connectivity index (χ1v) is 38.1. The fourth-order valence-corrected chi connectivity index (χ4v) is 16.0. The molecule has 542 valence electrons. The molecule has 0 bridgehead atoms. The average molecular weight is 1450 g/mol. The van der Waals surface area contributed by atoms with Crippen LogP contribution in [0, 0.1) is 33.8 Å². The van der Waals surface area contributed by atoms with E-state index in [2.05, 4.69) is 71.4 Å². The lowest BCUT2D eigenvalue weighted by Crippen LogP contribution is -2.57. The highest BCUT2D eigenvalue weighted by atomic mass is 35.5. The standard InChI is InChI=1S/C76H93ClN12O11S2/c1-49-69(101-48-82-49)53-16-14-50(15-17-53)44-81-73(94)65-40-58(90)47-88(65)74(95)70(75(2,3)4)83-67(91)12-10-8-7-9-11-13-68(92)87-32-28-51(29-33-87)43-79-63-25-23-60(41-64(63)89(96)97)102(98,99)84-72(93)61-24-22-57(39-66(61)100-59-38-54-27-31-78-71(54)80-45-59)86-36-34-85(35-37-86)46-55-26-30-76(5,6)42-62(55)52-18-20-56(77)21-19-52/h14-25,27,31,38-39,41,45,48,51,58,65,70,79,90H,7-13,26,28-30,32-37,40,42-44,46-47H2,1-6H3,(H,78,80)(H,81,94)(H,83,91)(H,84,93)/t58-,65+,70-/m1/s1. The molecule has 6 N–H and O–H groups in total. The minimum absolute atomic E-state index is 0.0192. The Hall–Kier alpha value is -8.75. The molecule has 3 aromatic heterocycles. The van der Waals surface area contributed by atoms with Crippen molar-refractivity contribution in [2.75, 3.05) is 69.1 Å². The number of nitro benzene ring substituents is 1. The van der Waals surface area contributed by atoms with E-state index in [-0.39, 0.29) is 72.0 Å². The molecule has 3 aliphatic heterocycles. The average Bonchev–Trinajstić information content (AvgIpc) is 1.12. The van der Waals surface area contributed by atoms with Crippen molar-refractivity contribution in [1.82, 2.24) is 45.0 Å². The molecule has 5 amide bonds. The van der Waals surface area contributed by atoms with E-state index in [4.69, 9.17) is 16.3 Å². The van der Waals surface area contributed by atoms with Crippen molar-refractivity contribution in [2.24, 2.45) is 16.7 Å². The molecule has 3 fully saturated rings. The van der Waals surface area contributed by atoms with Crippen LogP contribution in [0.3, 0.4) is 0 Å². The molecule has 0 radical (unpaired) electrons. The number of allylic oxidation sites excluding steroid dienone is 1. The molecule has 4 aromatic carbocycles. The predicted octanol–water partition coefficient (Wildman–Crippen LogP) is 12.4. The number of anilines is 2. The number of halogens is 1. The third-order valence-corrected chi connectivity index (χ3v) is 22.7. The van der Waals surface area contributed by atoms with Gasteiger partial charge >= 0.3 is 0 Å². The quantitative estimate of drug-likeness (QED) is 0.0158. The van der Waals surface area contributed by atoms with Gasteiger partial charge in [-0.1, -0.05) is 107 Å². The number of thiazole rings is 1. The number of nitrogens with one attached hydrogen (secondary N) is 5. The minimum atomic E-state index is -4.67. The first-order chi connectivity index (χ1) is 48.7. The summed E-state index contributed by atoms with van der Waals surface area (Å²) >= 11 is 7.85. The van der Waals surface area contributed by atoms with E-state index >= 15 is 0 Å². The summed E-state index contributed by atoms with van der Waals surface area (Å²) in [4.78, 5) is 101. The zero-order valence-corrected chi connectivity index (χ0v) is 61.3. The second-order valence-corrected chi connectivity index (χ2v) is 32.3. The molecule has 4 aliphatic rings. The summed E-state index contributed by atoms with van der Waals surface area (Å²) in [5.41, 5.74) is 9.19. The molecule has 3 saturated heterocycles. The summed E-state index contributed by atoms with van der Waals surface area (Å²) in [5.74, 6) is -1.54. The van der Waals surface area contributed by atoms with Crippen LogP contribution in [0.4, 0.5) is 17.1 Å². The highest BCUT2D eigenvalue weighted by molar-refractivity contribution is 7.90. The summed E-state index contributed by atoms with van der Waals surface area (Å²) in [5, 5.41) is 33.7. The number of H-pyrrole nitrogens is 1. The number of hydrogen-bond donors (Lipinski definition) is 6. The lowest BCUT2D eigenvalue weighted by atomic mass is 9.72. The Kier molecular flexibility index (Phi) is 23.9. The summed E-state index contributed by atoms with van der Waals surface area (Å²) in [6.07, 6.45) is 11.1. The van der Waals surface area contributed by atoms with Crippen LogP contribution in [0.2, 0.25) is 5.02 Å². The Bertz CT molecular complexity index is 4330. The van der Waals surface area contributed by atoms with Gasteiger partial charge in [0.2, 0.25) is 23.6 Å². The number of aryl methyl sites for hydroxylation is 1. The topological polar surface area (TPSA) is 295 Å². The van der Waals surface area contributed by atoms with E-state index in [9.17, 15) is 47.6 Å². The number of likely N-dealkylation sites (tertiary alicyclic amines) is 2. The van der Waals surface area contributed by atoms with E-state index in [1.165, 1.54) is 46.0 Å². The molecule has 102 heavy (non-hydrogen) atoms. The Morgan fingerprint density at radius 3 is 2.29 bits per heavy atom. The van der Waals surface area contributed by atoms with Crippen molar-refractivity contribution < 1.29 is 47.2 Å². The number of aliphatic hydroxyl groups excluding tert-OH is 1. The lowest BCUT2D eigenvalue weighted by Gasteiger charge is -2.39. The maximum Gasteiger partial charge on any atom is 0.293 e. The summed E-state index contributed by atoms with van der Waals surface area (Å²) in [6.45, 7) is 17.6. The van der Waals surface area contributed by atoms with Gasteiger partial charge in [-0.15, -0.1) is 11.3 Å². The van der Waals surface area contributed by atoms with Crippen molar-refractivity contribution in [3.05, 3.63) is 158 Å². The second-order valence-electron chi connectivity index (χ2n) is 29.3. The Morgan fingerprint density at radius 2 is 1.59 bits per heavy atom. The molecule has 11 rings (SSSR count). The largest absolute Gasteiger partial charge is 0.455 e. The van der Waals surface area contributed by atoms with Gasteiger partial charge in [0.05, 0.1) is 43.8 Å². The maximum atomic E-state index is 14.2. The zero-order valence-electron chi connectivity index (χ0n) is 58.9. The number of hydrogen-bond acceptors (Lipinski definition) is 17. The normalized spacial score (nSPS) is 17.9. The first kappa shape index (κ1) is 74.4. The van der Waals surface area contributed by atoms with Gasteiger partial charge in [0, 0.05) is 119 Å². The van der Waals surface area contributed by atoms with E-state index in [0.717, 1.165) is 97.0 Å². The number of pyridine rings is 1. The molecular formula is C76H93ClN12O11S2. The molecule has 0 spiro atoms. The van der Waals surface area contributed by atoms with Crippen molar-refractivity contribution >= 4 is 96.2 Å². The Balaban J connectivity index is 0.614. The Morgan fingerprint density at radius 1 is 0.873 bits per heavy atom. The number of aromatic nitrogens is 3. The van der Waals surface area contributed by atoms with Gasteiger partial charge in [0.25, 0.3) is 21.6 Å². The number of amides is 5. The zero-order chi connectivity index (χ0) is 72.5. The number of nitro groups is 1. The minimum Gasteiger partial charge on any atom is -0.455 e. The van der Waals surface area contributed by atoms with Crippen LogP contribution >= 0.6 is 22.9 Å². The molecule has 3 atom stereocenters. The number of ether oxygens (including phenoxy) is 1. The molecule has 0 saturated carbocycles. The number of unbranched alkanes of at least 4 members (excludes halogenated alkanes) is 4. The Labute approximate surface area is 605 Å². The third kappa shape index (κ3) is 18.9. The van der Waals surface area contributed by atoms with Crippen molar-refractivity contribution in [3.8, 4) is 21.9 Å². The van der Waals surface area contributed by atoms with Gasteiger partial charge in [-0.25, -0.2) is 23.1 Å². The van der Waals surface area contributed by atoms with Crippen molar-refractivity contribution in [2.45, 2.75) is 155 Å². The fourth-order valence-electron chi connectivity index (χ4n) is 14.1. The number of rotatable bonds is 27. The molecule has 1 aliphatic carbocycles. The summed E-state index contributed by atoms with van der Waals surface area (Å²) in [6, 6.07) is 26.3. The first-order valence-electron chi connectivity index (χ1n) is 35.4. The fraction of sp³-hybridized carbons (Fsp3) is 0.461. The van der Waals surface area contributed by atoms with E-state index in [1.54, 1.807) is 41.2 Å². The lowest BCUT2D eigenvalue weighted by molar-refractivity contribution is -0.384. The van der Waals surface area contributed by atoms with Crippen molar-refractivity contribution in [1.29, 1.82) is 0 Å². The van der Waals surface area contributed by atoms with Crippen LogP contribution in [0.15, 0.2) is 125 Å². The van der Waals surface area contributed by atoms with E-state index < -0.39 is 60.9 Å². The number of aliphatic hydroxyl groups is 1. The number of nitrogens with zero attached hydrogens (tertiary/aromatic N) is 7. The third-order valence-electron chi connectivity index (χ3n) is 20.1. The van der Waals surface area contributed by atoms with Crippen LogP contribution in [-0.4, -0.2) is 155 Å². The second kappa shape index (κ2) is 32.7. The molecular weight excluding hydrogens is 1360 g/mol. The van der Waals surface area contributed by atoms with Gasteiger partial charge in [-0.05, 0) is 139 Å². The number of piperazine rings is 1. The smallest absolute Gasteiger partial charge is 0.293 e. The highest BCUT2D eigenvalue weighted by Gasteiger charge is 2.45. The van der Waals surface area contributed by atoms with Gasteiger partial charge in [-0.3, -0.25) is 39.0 Å². The highest BCUT2D eigenvalue weighted by Crippen LogP contribution is 2.44. The number of benzene rings is 4.